The normalized spacial score (nSPS) is 17.8. The zero-order chi connectivity index (χ0) is 13.9. The number of rotatable bonds is 3. The molecule has 1 aliphatic heterocycles. The molecular formula is C16H19N3O. The summed E-state index contributed by atoms with van der Waals surface area (Å²) >= 11 is 0. The highest BCUT2D eigenvalue weighted by molar-refractivity contribution is 5.85. The molecule has 1 saturated heterocycles. The summed E-state index contributed by atoms with van der Waals surface area (Å²) in [6.45, 7) is 2.02. The molecule has 0 bridgehead atoms. The number of ether oxygens (including phenoxy) is 1. The fraction of sp³-hybridized carbons (Fsp3) is 0.438. The Hall–Kier alpha value is -1.99. The zero-order valence-corrected chi connectivity index (χ0v) is 11.7. The summed E-state index contributed by atoms with van der Waals surface area (Å²) in [6.07, 6.45) is 5.61. The van der Waals surface area contributed by atoms with Crippen LogP contribution < -0.4 is 4.74 Å². The van der Waals surface area contributed by atoms with Crippen molar-refractivity contribution < 1.29 is 4.74 Å². The summed E-state index contributed by atoms with van der Waals surface area (Å²) in [5.41, 5.74) is 2.11. The summed E-state index contributed by atoms with van der Waals surface area (Å²) in [6, 6.07) is 8.25. The van der Waals surface area contributed by atoms with E-state index in [9.17, 15) is 5.26 Å². The number of H-pyrrole nitrogens is 1. The van der Waals surface area contributed by atoms with Crippen LogP contribution in [-0.2, 0) is 0 Å². The van der Waals surface area contributed by atoms with Gasteiger partial charge in [0, 0.05) is 22.7 Å². The number of hydrogen-bond acceptors (Lipinski definition) is 3. The Labute approximate surface area is 119 Å². The van der Waals surface area contributed by atoms with Crippen molar-refractivity contribution in [2.24, 2.45) is 0 Å². The summed E-state index contributed by atoms with van der Waals surface area (Å²) in [7, 11) is 1.67. The molecule has 1 aromatic carbocycles. The lowest BCUT2D eigenvalue weighted by Crippen LogP contribution is -2.32. The molecule has 0 spiro atoms. The molecule has 0 radical (unpaired) electrons. The molecule has 1 aromatic heterocycles. The molecule has 0 aliphatic carbocycles. The lowest BCUT2D eigenvalue weighted by molar-refractivity contribution is 0.197. The van der Waals surface area contributed by atoms with Gasteiger partial charge in [0.05, 0.1) is 13.2 Å². The first-order chi connectivity index (χ1) is 9.83. The Balaban J connectivity index is 2.00. The molecule has 4 heteroatoms. The van der Waals surface area contributed by atoms with Gasteiger partial charge >= 0.3 is 0 Å². The van der Waals surface area contributed by atoms with Gasteiger partial charge < -0.3 is 9.72 Å². The van der Waals surface area contributed by atoms with E-state index in [0.29, 0.717) is 0 Å². The van der Waals surface area contributed by atoms with Gasteiger partial charge in [0.25, 0.3) is 0 Å². The molecule has 104 valence electrons. The molecule has 4 nitrogen and oxygen atoms in total. The van der Waals surface area contributed by atoms with Crippen LogP contribution in [-0.4, -0.2) is 30.1 Å². The number of benzene rings is 1. The van der Waals surface area contributed by atoms with Gasteiger partial charge in [0.2, 0.25) is 0 Å². The summed E-state index contributed by atoms with van der Waals surface area (Å²) in [4.78, 5) is 5.54. The topological polar surface area (TPSA) is 52.1 Å². The van der Waals surface area contributed by atoms with Gasteiger partial charge in [0.15, 0.2) is 0 Å². The smallest absolute Gasteiger partial charge is 0.125 e. The second kappa shape index (κ2) is 5.56. The maximum Gasteiger partial charge on any atom is 0.125 e. The van der Waals surface area contributed by atoms with Crippen LogP contribution >= 0.6 is 0 Å². The minimum Gasteiger partial charge on any atom is -0.497 e. The molecule has 2 aromatic rings. The molecular weight excluding hydrogens is 250 g/mol. The largest absolute Gasteiger partial charge is 0.497 e. The van der Waals surface area contributed by atoms with Gasteiger partial charge in [-0.05, 0) is 44.1 Å². The maximum absolute atomic E-state index is 9.60. The van der Waals surface area contributed by atoms with Crippen molar-refractivity contribution in [3.63, 3.8) is 0 Å². The number of nitrogens with one attached hydrogen (secondary N) is 1. The predicted molar refractivity (Wildman–Crippen MR) is 78.6 cm³/mol. The monoisotopic (exact) mass is 269 g/mol. The number of nitrogens with zero attached hydrogens (tertiary/aromatic N) is 2. The van der Waals surface area contributed by atoms with Crippen LogP contribution in [0.5, 0.6) is 5.75 Å². The van der Waals surface area contributed by atoms with Crippen LogP contribution in [0.25, 0.3) is 10.9 Å². The highest BCUT2D eigenvalue weighted by atomic mass is 16.5. The maximum atomic E-state index is 9.60. The van der Waals surface area contributed by atoms with E-state index in [2.05, 4.69) is 16.0 Å². The van der Waals surface area contributed by atoms with E-state index in [1.807, 2.05) is 24.4 Å². The van der Waals surface area contributed by atoms with E-state index in [4.69, 9.17) is 4.74 Å². The lowest BCUT2D eigenvalue weighted by atomic mass is 10.0. The molecule has 1 N–H and O–H groups in total. The Morgan fingerprint density at radius 3 is 2.80 bits per heavy atom. The Morgan fingerprint density at radius 1 is 1.30 bits per heavy atom. The number of hydrogen-bond donors (Lipinski definition) is 1. The second-order valence-corrected chi connectivity index (χ2v) is 5.28. The molecule has 0 amide bonds. The Kier molecular flexibility index (Phi) is 3.62. The fourth-order valence-electron chi connectivity index (χ4n) is 3.00. The number of aromatic amines is 1. The standard InChI is InChI=1S/C16H19N3O/c1-20-12-5-6-15-13(9-12)14(11-18-15)16(10-17)19-7-3-2-4-8-19/h5-6,9,11,16,18H,2-4,7-8H2,1H3. The molecule has 1 unspecified atom stereocenters. The lowest BCUT2D eigenvalue weighted by Gasteiger charge is -2.30. The average molecular weight is 269 g/mol. The van der Waals surface area contributed by atoms with Crippen molar-refractivity contribution in [2.75, 3.05) is 20.2 Å². The summed E-state index contributed by atoms with van der Waals surface area (Å²) in [5.74, 6) is 0.827. The minimum atomic E-state index is -0.170. The van der Waals surface area contributed by atoms with Crippen molar-refractivity contribution in [2.45, 2.75) is 25.3 Å². The summed E-state index contributed by atoms with van der Waals surface area (Å²) < 4.78 is 5.30. The van der Waals surface area contributed by atoms with Crippen LogP contribution in [0.2, 0.25) is 0 Å². The van der Waals surface area contributed by atoms with Gasteiger partial charge in [-0.15, -0.1) is 0 Å². The predicted octanol–water partition coefficient (Wildman–Crippen LogP) is 3.23. The van der Waals surface area contributed by atoms with Crippen LogP contribution in [0.4, 0.5) is 0 Å². The molecule has 20 heavy (non-hydrogen) atoms. The van der Waals surface area contributed by atoms with Crippen molar-refractivity contribution in [3.05, 3.63) is 30.0 Å². The third-order valence-corrected chi connectivity index (χ3v) is 4.09. The fourth-order valence-corrected chi connectivity index (χ4v) is 3.00. The molecule has 1 aliphatic rings. The van der Waals surface area contributed by atoms with Crippen LogP contribution in [0, 0.1) is 11.3 Å². The SMILES string of the molecule is COc1ccc2[nH]cc(C(C#N)N3CCCCC3)c2c1. The van der Waals surface area contributed by atoms with E-state index in [-0.39, 0.29) is 6.04 Å². The number of methoxy groups -OCH3 is 1. The first-order valence-corrected chi connectivity index (χ1v) is 7.12. The highest BCUT2D eigenvalue weighted by Gasteiger charge is 2.24. The summed E-state index contributed by atoms with van der Waals surface area (Å²) in [5, 5.41) is 10.7. The first-order valence-electron chi connectivity index (χ1n) is 7.12. The number of piperidine rings is 1. The molecule has 2 heterocycles. The van der Waals surface area contributed by atoms with Gasteiger partial charge in [-0.1, -0.05) is 6.42 Å². The third-order valence-electron chi connectivity index (χ3n) is 4.09. The van der Waals surface area contributed by atoms with Crippen molar-refractivity contribution in [1.82, 2.24) is 9.88 Å². The van der Waals surface area contributed by atoms with E-state index < -0.39 is 0 Å². The van der Waals surface area contributed by atoms with E-state index in [0.717, 1.165) is 35.3 Å². The van der Waals surface area contributed by atoms with Crippen molar-refractivity contribution >= 4 is 10.9 Å². The average Bonchev–Trinajstić information content (AvgIpc) is 2.92. The molecule has 0 saturated carbocycles. The van der Waals surface area contributed by atoms with Gasteiger partial charge in [-0.3, -0.25) is 4.90 Å². The minimum absolute atomic E-state index is 0.170. The second-order valence-electron chi connectivity index (χ2n) is 5.28. The van der Waals surface area contributed by atoms with Gasteiger partial charge in [-0.25, -0.2) is 0 Å². The van der Waals surface area contributed by atoms with E-state index in [1.165, 1.54) is 19.3 Å². The first kappa shape index (κ1) is 13.0. The number of fused-ring (bicyclic) bond motifs is 1. The van der Waals surface area contributed by atoms with Crippen LogP contribution in [0.15, 0.2) is 24.4 Å². The Bertz CT molecular complexity index is 635. The van der Waals surface area contributed by atoms with Gasteiger partial charge in [-0.2, -0.15) is 5.26 Å². The van der Waals surface area contributed by atoms with Gasteiger partial charge in [0.1, 0.15) is 11.8 Å². The number of aromatic nitrogens is 1. The molecule has 1 atom stereocenters. The Morgan fingerprint density at radius 2 is 2.10 bits per heavy atom. The molecule has 3 rings (SSSR count). The molecule has 1 fully saturated rings. The van der Waals surface area contributed by atoms with Crippen LogP contribution in [0.1, 0.15) is 30.9 Å². The third kappa shape index (κ3) is 2.25. The van der Waals surface area contributed by atoms with E-state index >= 15 is 0 Å². The highest BCUT2D eigenvalue weighted by Crippen LogP contribution is 2.31. The number of nitriles is 1. The van der Waals surface area contributed by atoms with Crippen molar-refractivity contribution in [3.8, 4) is 11.8 Å². The van der Waals surface area contributed by atoms with E-state index in [1.54, 1.807) is 7.11 Å². The number of likely N-dealkylation sites (tertiary alicyclic amines) is 1. The van der Waals surface area contributed by atoms with Crippen LogP contribution in [0.3, 0.4) is 0 Å². The van der Waals surface area contributed by atoms with Crippen molar-refractivity contribution in [1.29, 1.82) is 5.26 Å². The quantitative estimate of drug-likeness (QED) is 0.930. The zero-order valence-electron chi connectivity index (χ0n) is 11.7.